The van der Waals surface area contributed by atoms with E-state index in [1.165, 1.54) is 0 Å². The number of esters is 2. The number of nitrogens with one attached hydrogen (secondary N) is 1. The molecule has 3 aromatic carbocycles. The monoisotopic (exact) mass is 517 g/mol. The highest BCUT2D eigenvalue weighted by Gasteiger charge is 2.16. The van der Waals surface area contributed by atoms with Gasteiger partial charge in [-0.3, -0.25) is 0 Å². The Morgan fingerprint density at radius 1 is 0.737 bits per heavy atom. The van der Waals surface area contributed by atoms with Crippen molar-refractivity contribution in [1.82, 2.24) is 0 Å². The Kier molecular flexibility index (Phi) is 8.94. The van der Waals surface area contributed by atoms with Crippen molar-refractivity contribution in [2.75, 3.05) is 6.61 Å². The van der Waals surface area contributed by atoms with Gasteiger partial charge in [0.2, 0.25) is 0 Å². The van der Waals surface area contributed by atoms with Crippen molar-refractivity contribution in [2.45, 2.75) is 59.2 Å². The summed E-state index contributed by atoms with van der Waals surface area (Å²) in [6.07, 6.45) is 1.57. The molecule has 0 aliphatic carbocycles. The summed E-state index contributed by atoms with van der Waals surface area (Å²) in [5, 5.41) is 7.74. The highest BCUT2D eigenvalue weighted by atomic mass is 16.5. The lowest BCUT2D eigenvalue weighted by Crippen LogP contribution is -2.23. The summed E-state index contributed by atoms with van der Waals surface area (Å²) < 4.78 is 22.5. The van der Waals surface area contributed by atoms with Crippen LogP contribution in [0.1, 0.15) is 73.4 Å². The van der Waals surface area contributed by atoms with Gasteiger partial charge in [0.05, 0.1) is 17.7 Å². The molecular formula is C31H35NO6. The SMILES string of the molecule is CC(C)(C)Oc1ccc(C(=O)OCCc2ccc(OC(=O)c3ccc(OC(C)(C)C)cc3)c(C=N)c2)cc1. The molecule has 0 saturated heterocycles. The Labute approximate surface area is 224 Å². The zero-order valence-corrected chi connectivity index (χ0v) is 22.8. The van der Waals surface area contributed by atoms with E-state index < -0.39 is 11.9 Å². The highest BCUT2D eigenvalue weighted by Crippen LogP contribution is 2.23. The molecule has 0 atom stereocenters. The molecule has 0 fully saturated rings. The van der Waals surface area contributed by atoms with Crippen molar-refractivity contribution in [3.8, 4) is 17.2 Å². The van der Waals surface area contributed by atoms with Gasteiger partial charge in [-0.1, -0.05) is 6.07 Å². The molecule has 0 aliphatic heterocycles. The molecule has 0 aliphatic rings. The molecular weight excluding hydrogens is 482 g/mol. The van der Waals surface area contributed by atoms with Gasteiger partial charge in [0.1, 0.15) is 28.5 Å². The number of rotatable bonds is 9. The minimum absolute atomic E-state index is 0.165. The van der Waals surface area contributed by atoms with Crippen LogP contribution >= 0.6 is 0 Å². The lowest BCUT2D eigenvalue weighted by Gasteiger charge is -2.21. The molecule has 0 aromatic heterocycles. The number of ether oxygens (including phenoxy) is 4. The predicted molar refractivity (Wildman–Crippen MR) is 147 cm³/mol. The summed E-state index contributed by atoms with van der Waals surface area (Å²) in [6.45, 7) is 11.9. The lowest BCUT2D eigenvalue weighted by atomic mass is 10.1. The molecule has 0 unspecified atom stereocenters. The van der Waals surface area contributed by atoms with E-state index in [0.29, 0.717) is 34.6 Å². The van der Waals surface area contributed by atoms with Gasteiger partial charge in [0.15, 0.2) is 0 Å². The van der Waals surface area contributed by atoms with Crippen LogP contribution in [0.25, 0.3) is 0 Å². The van der Waals surface area contributed by atoms with Crippen LogP contribution in [-0.2, 0) is 11.2 Å². The minimum atomic E-state index is -0.531. The molecule has 1 N–H and O–H groups in total. The summed E-state index contributed by atoms with van der Waals surface area (Å²) >= 11 is 0. The molecule has 200 valence electrons. The standard InChI is InChI=1S/C31H35NO6/c1-30(2,3)37-25-12-8-22(9-13-25)28(33)35-18-17-21-7-16-27(24(19-21)20-32)36-29(34)23-10-14-26(15-11-23)38-31(4,5)6/h7-16,19-20,32H,17-18H2,1-6H3. The molecule has 7 heteroatoms. The Morgan fingerprint density at radius 3 is 1.71 bits per heavy atom. The average Bonchev–Trinajstić information content (AvgIpc) is 2.83. The molecule has 0 saturated carbocycles. The van der Waals surface area contributed by atoms with Crippen molar-refractivity contribution >= 4 is 18.2 Å². The fourth-order valence-corrected chi connectivity index (χ4v) is 3.49. The summed E-state index contributed by atoms with van der Waals surface area (Å²) in [4.78, 5) is 25.0. The maximum absolute atomic E-state index is 12.6. The molecule has 0 amide bonds. The molecule has 7 nitrogen and oxygen atoms in total. The van der Waals surface area contributed by atoms with Crippen LogP contribution in [0.4, 0.5) is 0 Å². The zero-order chi connectivity index (χ0) is 27.9. The third kappa shape index (κ3) is 8.76. The number of benzene rings is 3. The fraction of sp³-hybridized carbons (Fsp3) is 0.323. The first-order valence-electron chi connectivity index (χ1n) is 12.4. The molecule has 0 radical (unpaired) electrons. The van der Waals surface area contributed by atoms with Gasteiger partial charge >= 0.3 is 11.9 Å². The summed E-state index contributed by atoms with van der Waals surface area (Å²) in [7, 11) is 0. The number of carbonyl (C=O) groups is 2. The molecule has 3 rings (SSSR count). The van der Waals surface area contributed by atoms with Gasteiger partial charge in [0, 0.05) is 18.2 Å². The van der Waals surface area contributed by atoms with E-state index in [4.69, 9.17) is 24.4 Å². The molecule has 0 heterocycles. The maximum atomic E-state index is 12.6. The fourth-order valence-electron chi connectivity index (χ4n) is 3.49. The van der Waals surface area contributed by atoms with E-state index in [1.807, 2.05) is 41.5 Å². The third-order valence-electron chi connectivity index (χ3n) is 5.08. The van der Waals surface area contributed by atoms with Crippen molar-refractivity contribution in [1.29, 1.82) is 5.41 Å². The second kappa shape index (κ2) is 11.9. The van der Waals surface area contributed by atoms with Crippen LogP contribution in [0, 0.1) is 5.41 Å². The highest BCUT2D eigenvalue weighted by molar-refractivity contribution is 5.93. The van der Waals surface area contributed by atoms with Crippen LogP contribution in [0.5, 0.6) is 17.2 Å². The number of hydrogen-bond donors (Lipinski definition) is 1. The van der Waals surface area contributed by atoms with Gasteiger partial charge in [0.25, 0.3) is 0 Å². The van der Waals surface area contributed by atoms with E-state index in [2.05, 4.69) is 0 Å². The minimum Gasteiger partial charge on any atom is -0.488 e. The number of hydrogen-bond acceptors (Lipinski definition) is 7. The van der Waals surface area contributed by atoms with Crippen LogP contribution in [0.2, 0.25) is 0 Å². The van der Waals surface area contributed by atoms with E-state index >= 15 is 0 Å². The maximum Gasteiger partial charge on any atom is 0.343 e. The Hall–Kier alpha value is -4.13. The third-order valence-corrected chi connectivity index (χ3v) is 5.08. The van der Waals surface area contributed by atoms with Crippen molar-refractivity contribution in [3.05, 3.63) is 89.0 Å². The largest absolute Gasteiger partial charge is 0.488 e. The van der Waals surface area contributed by atoms with Crippen molar-refractivity contribution in [3.63, 3.8) is 0 Å². The topological polar surface area (TPSA) is 94.9 Å². The first-order chi connectivity index (χ1) is 17.8. The van der Waals surface area contributed by atoms with Gasteiger partial charge in [-0.25, -0.2) is 9.59 Å². The van der Waals surface area contributed by atoms with Crippen LogP contribution in [0.3, 0.4) is 0 Å². The Bertz CT molecular complexity index is 1270. The first kappa shape index (κ1) is 28.4. The zero-order valence-electron chi connectivity index (χ0n) is 22.8. The van der Waals surface area contributed by atoms with E-state index in [0.717, 1.165) is 11.8 Å². The average molecular weight is 518 g/mol. The van der Waals surface area contributed by atoms with E-state index in [1.54, 1.807) is 66.7 Å². The van der Waals surface area contributed by atoms with E-state index in [-0.39, 0.29) is 23.6 Å². The molecule has 38 heavy (non-hydrogen) atoms. The summed E-state index contributed by atoms with van der Waals surface area (Å²) in [6, 6.07) is 18.7. The molecule has 0 spiro atoms. The van der Waals surface area contributed by atoms with Crippen molar-refractivity contribution in [2.24, 2.45) is 0 Å². The lowest BCUT2D eigenvalue weighted by molar-refractivity contribution is 0.0508. The first-order valence-corrected chi connectivity index (χ1v) is 12.4. The Balaban J connectivity index is 1.55. The second-order valence-electron chi connectivity index (χ2n) is 10.8. The second-order valence-corrected chi connectivity index (χ2v) is 10.8. The molecule has 3 aromatic rings. The number of carbonyl (C=O) groups excluding carboxylic acids is 2. The van der Waals surface area contributed by atoms with Crippen LogP contribution in [0.15, 0.2) is 66.7 Å². The van der Waals surface area contributed by atoms with Gasteiger partial charge < -0.3 is 24.4 Å². The molecule has 0 bridgehead atoms. The quantitative estimate of drug-likeness (QED) is 0.194. The van der Waals surface area contributed by atoms with E-state index in [9.17, 15) is 9.59 Å². The van der Waals surface area contributed by atoms with Crippen LogP contribution < -0.4 is 14.2 Å². The summed E-state index contributed by atoms with van der Waals surface area (Å²) in [5.41, 5.74) is 1.44. The van der Waals surface area contributed by atoms with Crippen LogP contribution in [-0.4, -0.2) is 36.0 Å². The summed E-state index contributed by atoms with van der Waals surface area (Å²) in [5.74, 6) is 0.657. The normalized spacial score (nSPS) is 11.4. The predicted octanol–water partition coefficient (Wildman–Crippen LogP) is 6.66. The smallest absolute Gasteiger partial charge is 0.343 e. The van der Waals surface area contributed by atoms with Gasteiger partial charge in [-0.2, -0.15) is 0 Å². The van der Waals surface area contributed by atoms with Gasteiger partial charge in [-0.05, 0) is 108 Å². The Morgan fingerprint density at radius 2 is 1.24 bits per heavy atom. The van der Waals surface area contributed by atoms with Gasteiger partial charge in [-0.15, -0.1) is 0 Å². The van der Waals surface area contributed by atoms with Crippen molar-refractivity contribution < 1.29 is 28.5 Å².